The molecular weight excluding hydrogens is 489 g/mol. The molecule has 0 bridgehead atoms. The molecule has 0 spiro atoms. The van der Waals surface area contributed by atoms with E-state index < -0.39 is 68.7 Å². The molecule has 15 nitrogen and oxygen atoms in total. The van der Waals surface area contributed by atoms with Crippen molar-refractivity contribution in [2.24, 2.45) is 0 Å². The molecule has 1 unspecified atom stereocenters. The van der Waals surface area contributed by atoms with E-state index >= 15 is 0 Å². The maximum Gasteiger partial charge on any atom is 0.351 e. The minimum absolute atomic E-state index is 0.0532. The van der Waals surface area contributed by atoms with Crippen LogP contribution in [0.5, 0.6) is 0 Å². The van der Waals surface area contributed by atoms with Crippen LogP contribution in [0.3, 0.4) is 0 Å². The van der Waals surface area contributed by atoms with Gasteiger partial charge >= 0.3 is 11.4 Å². The Hall–Kier alpha value is -2.91. The van der Waals surface area contributed by atoms with Crippen LogP contribution in [0.4, 0.5) is 5.82 Å². The Bertz CT molecular complexity index is 1340. The van der Waals surface area contributed by atoms with Crippen molar-refractivity contribution in [1.82, 2.24) is 19.1 Å². The molecule has 4 rings (SSSR count). The van der Waals surface area contributed by atoms with E-state index in [2.05, 4.69) is 9.97 Å². The first-order valence-corrected chi connectivity index (χ1v) is 11.9. The van der Waals surface area contributed by atoms with Gasteiger partial charge in [-0.1, -0.05) is 6.08 Å². The second-order valence-electron chi connectivity index (χ2n) is 7.91. The van der Waals surface area contributed by atoms with E-state index in [1.165, 1.54) is 42.1 Å². The summed E-state index contributed by atoms with van der Waals surface area (Å²) < 4.78 is 35.9. The number of hydrogen-bond acceptors (Lipinski definition) is 12. The van der Waals surface area contributed by atoms with E-state index in [-0.39, 0.29) is 17.8 Å². The number of nitrogens with two attached hydrogens (primary N) is 1. The average Bonchev–Trinajstić information content (AvgIpc) is 3.41. The van der Waals surface area contributed by atoms with E-state index in [1.807, 2.05) is 0 Å². The second-order valence-corrected chi connectivity index (χ2v) is 9.27. The van der Waals surface area contributed by atoms with Crippen molar-refractivity contribution >= 4 is 13.6 Å². The van der Waals surface area contributed by atoms with Gasteiger partial charge in [-0.3, -0.25) is 23.5 Å². The molecule has 4 heterocycles. The maximum atomic E-state index is 12.4. The first-order valence-electron chi connectivity index (χ1n) is 10.5. The number of rotatable bonds is 8. The molecule has 0 radical (unpaired) electrons. The number of aromatic amines is 1. The first kappa shape index (κ1) is 25.2. The summed E-state index contributed by atoms with van der Waals surface area (Å²) in [6.07, 6.45) is 0.784. The SMILES string of the molecule is Cc1cn([C@H]2C[C@H](OP(=O)([O-])OC[C@@H]3C=C[C@H](n4ccc(N)nc4=O)O3)[C@@H](CO)O2)c(=O)[nH]c1=O. The summed E-state index contributed by atoms with van der Waals surface area (Å²) >= 11 is 0. The van der Waals surface area contributed by atoms with Gasteiger partial charge in [0.15, 0.2) is 6.23 Å². The summed E-state index contributed by atoms with van der Waals surface area (Å²) in [5, 5.41) is 9.59. The zero-order valence-electron chi connectivity index (χ0n) is 18.4. The molecule has 16 heteroatoms. The van der Waals surface area contributed by atoms with E-state index in [0.29, 0.717) is 0 Å². The van der Waals surface area contributed by atoms with Crippen molar-refractivity contribution in [3.63, 3.8) is 0 Å². The van der Waals surface area contributed by atoms with Crippen LogP contribution in [-0.4, -0.2) is 55.7 Å². The molecule has 2 aliphatic rings. The second kappa shape index (κ2) is 9.99. The quantitative estimate of drug-likeness (QED) is 0.266. The molecule has 1 fully saturated rings. The highest BCUT2D eigenvalue weighted by atomic mass is 31.2. The summed E-state index contributed by atoms with van der Waals surface area (Å²) in [7, 11) is -4.90. The van der Waals surface area contributed by atoms with Crippen LogP contribution in [0.2, 0.25) is 0 Å². The highest BCUT2D eigenvalue weighted by molar-refractivity contribution is 7.45. The van der Waals surface area contributed by atoms with Gasteiger partial charge in [-0.25, -0.2) is 9.59 Å². The highest BCUT2D eigenvalue weighted by Crippen LogP contribution is 2.45. The number of phosphoric ester groups is 1. The van der Waals surface area contributed by atoms with Gasteiger partial charge in [-0.15, -0.1) is 0 Å². The van der Waals surface area contributed by atoms with E-state index in [4.69, 9.17) is 24.3 Å². The van der Waals surface area contributed by atoms with Crippen LogP contribution in [0.25, 0.3) is 0 Å². The molecule has 2 aromatic rings. The summed E-state index contributed by atoms with van der Waals surface area (Å²) in [6.45, 7) is 0.467. The number of hydrogen-bond donors (Lipinski definition) is 3. The number of aliphatic hydroxyl groups excluding tert-OH is 1. The third-order valence-corrected chi connectivity index (χ3v) is 6.40. The van der Waals surface area contributed by atoms with Gasteiger partial charge in [-0.2, -0.15) is 4.98 Å². The lowest BCUT2D eigenvalue weighted by Gasteiger charge is -2.28. The molecule has 0 aliphatic carbocycles. The number of ether oxygens (including phenoxy) is 2. The van der Waals surface area contributed by atoms with Gasteiger partial charge < -0.3 is 34.3 Å². The summed E-state index contributed by atoms with van der Waals surface area (Å²) in [6, 6.07) is 1.42. The van der Waals surface area contributed by atoms with Gasteiger partial charge in [-0.05, 0) is 19.1 Å². The zero-order chi connectivity index (χ0) is 25.3. The van der Waals surface area contributed by atoms with Crippen LogP contribution in [0.15, 0.2) is 45.0 Å². The molecule has 2 aliphatic heterocycles. The number of H-pyrrole nitrogens is 1. The number of aliphatic hydroxyl groups is 1. The van der Waals surface area contributed by atoms with Crippen molar-refractivity contribution in [2.45, 2.75) is 44.1 Å². The van der Waals surface area contributed by atoms with Crippen molar-refractivity contribution in [2.75, 3.05) is 18.9 Å². The smallest absolute Gasteiger partial charge is 0.351 e. The largest absolute Gasteiger partial charge is 0.756 e. The Morgan fingerprint density at radius 3 is 2.80 bits per heavy atom. The number of aromatic nitrogens is 4. The molecule has 6 atom stereocenters. The fourth-order valence-electron chi connectivity index (χ4n) is 3.67. The lowest BCUT2D eigenvalue weighted by atomic mass is 10.2. The molecule has 4 N–H and O–H groups in total. The summed E-state index contributed by atoms with van der Waals surface area (Å²) in [5.41, 5.74) is 3.76. The van der Waals surface area contributed by atoms with Gasteiger partial charge in [0.05, 0.1) is 19.3 Å². The topological polar surface area (TPSA) is 213 Å². The average molecular weight is 512 g/mol. The number of phosphoric acid groups is 1. The number of aryl methyl sites for hydroxylation is 1. The molecule has 35 heavy (non-hydrogen) atoms. The predicted molar refractivity (Wildman–Crippen MR) is 116 cm³/mol. The number of nitrogens with zero attached hydrogens (tertiary/aromatic N) is 3. The van der Waals surface area contributed by atoms with E-state index in [9.17, 15) is 28.9 Å². The van der Waals surface area contributed by atoms with Crippen LogP contribution in [-0.2, 0) is 23.1 Å². The number of anilines is 1. The highest BCUT2D eigenvalue weighted by Gasteiger charge is 2.39. The Labute approximate surface area is 197 Å². The molecule has 0 saturated carbocycles. The van der Waals surface area contributed by atoms with Gasteiger partial charge in [0, 0.05) is 24.4 Å². The van der Waals surface area contributed by atoms with Crippen molar-refractivity contribution in [1.29, 1.82) is 0 Å². The Morgan fingerprint density at radius 1 is 1.31 bits per heavy atom. The summed E-state index contributed by atoms with van der Waals surface area (Å²) in [5.74, 6) is 0.0532. The van der Waals surface area contributed by atoms with E-state index in [0.717, 1.165) is 4.57 Å². The fraction of sp³-hybridized carbons (Fsp3) is 0.474. The molecule has 190 valence electrons. The van der Waals surface area contributed by atoms with Crippen molar-refractivity contribution < 1.29 is 33.1 Å². The monoisotopic (exact) mass is 512 g/mol. The van der Waals surface area contributed by atoms with Crippen LogP contribution < -0.4 is 27.6 Å². The number of nitrogen functional groups attached to an aromatic ring is 1. The van der Waals surface area contributed by atoms with Crippen LogP contribution in [0.1, 0.15) is 24.4 Å². The predicted octanol–water partition coefficient (Wildman–Crippen LogP) is -1.71. The zero-order valence-corrected chi connectivity index (χ0v) is 19.3. The Morgan fingerprint density at radius 2 is 2.09 bits per heavy atom. The Kier molecular flexibility index (Phi) is 7.19. The van der Waals surface area contributed by atoms with Crippen molar-refractivity contribution in [3.05, 3.63) is 67.5 Å². The first-order chi connectivity index (χ1) is 16.6. The van der Waals surface area contributed by atoms with Crippen molar-refractivity contribution in [3.8, 4) is 0 Å². The van der Waals surface area contributed by atoms with Crippen LogP contribution in [0, 0.1) is 6.92 Å². The Balaban J connectivity index is 1.36. The third kappa shape index (κ3) is 5.67. The lowest BCUT2D eigenvalue weighted by Crippen LogP contribution is -2.33. The molecular formula is C19H23N5O10P-. The lowest BCUT2D eigenvalue weighted by molar-refractivity contribution is -0.233. The number of nitrogens with one attached hydrogen (secondary N) is 1. The van der Waals surface area contributed by atoms with E-state index in [1.54, 1.807) is 0 Å². The maximum absolute atomic E-state index is 12.4. The fourth-order valence-corrected chi connectivity index (χ4v) is 4.61. The van der Waals surface area contributed by atoms with Crippen LogP contribution >= 0.6 is 7.82 Å². The summed E-state index contributed by atoms with van der Waals surface area (Å²) in [4.78, 5) is 53.8. The van der Waals surface area contributed by atoms with Gasteiger partial charge in [0.25, 0.3) is 13.4 Å². The minimum atomic E-state index is -4.90. The molecule has 1 saturated heterocycles. The standard InChI is InChI=1S/C19H24N5O10P/c1-10-7-24(19(28)22-17(10)26)16-6-12(13(8-25)33-16)34-35(29,30)31-9-11-2-3-15(32-11)23-5-4-14(20)21-18(23)27/h2-5,7,11-13,15-16,25H,6,8-9H2,1H3,(H,29,30)(H2,20,21,27)(H,22,26,28)/p-1/t11-,12-,13+,15+,16+/m0/s1. The molecule has 0 aromatic carbocycles. The molecule has 0 amide bonds. The molecule has 2 aromatic heterocycles. The third-order valence-electron chi connectivity index (χ3n) is 5.41. The van der Waals surface area contributed by atoms with Gasteiger partial charge in [0.2, 0.25) is 0 Å². The van der Waals surface area contributed by atoms with Gasteiger partial charge in [0.1, 0.15) is 24.3 Å². The normalized spacial score (nSPS) is 27.8. The minimum Gasteiger partial charge on any atom is -0.756 e.